The third-order valence-electron chi connectivity index (χ3n) is 1.95. The molecule has 0 bridgehead atoms. The summed E-state index contributed by atoms with van der Waals surface area (Å²) in [5.41, 5.74) is 0. The average Bonchev–Trinajstić information content (AvgIpc) is 2.15. The van der Waals surface area contributed by atoms with Crippen molar-refractivity contribution in [1.82, 2.24) is 5.32 Å². The Hall–Kier alpha value is -1.39. The van der Waals surface area contributed by atoms with Crippen molar-refractivity contribution < 1.29 is 19.1 Å². The molecule has 0 aromatic heterocycles. The van der Waals surface area contributed by atoms with E-state index in [0.29, 0.717) is 6.42 Å². The molecular formula is C11H19NO4. The molecule has 0 saturated heterocycles. The van der Waals surface area contributed by atoms with Crippen LogP contribution in [0.2, 0.25) is 0 Å². The van der Waals surface area contributed by atoms with Gasteiger partial charge in [0.05, 0.1) is 6.10 Å². The molecule has 0 aliphatic carbocycles. The third kappa shape index (κ3) is 5.48. The molecule has 0 saturated carbocycles. The van der Waals surface area contributed by atoms with Crippen LogP contribution in [0, 0.1) is 5.92 Å². The van der Waals surface area contributed by atoms with Crippen molar-refractivity contribution in [3.8, 4) is 0 Å². The second-order valence-electron chi connectivity index (χ2n) is 3.81. The second-order valence-corrected chi connectivity index (χ2v) is 3.81. The minimum atomic E-state index is -0.905. The fourth-order valence-electron chi connectivity index (χ4n) is 1.05. The van der Waals surface area contributed by atoms with Crippen LogP contribution in [-0.2, 0) is 19.1 Å². The van der Waals surface area contributed by atoms with Crippen LogP contribution in [0.4, 0.5) is 0 Å². The Balaban J connectivity index is 4.33. The van der Waals surface area contributed by atoms with Crippen molar-refractivity contribution in [2.24, 2.45) is 5.92 Å². The molecule has 1 atom stereocenters. The summed E-state index contributed by atoms with van der Waals surface area (Å²) in [5.74, 6) is -1.98. The van der Waals surface area contributed by atoms with Crippen LogP contribution in [0.25, 0.3) is 0 Å². The Morgan fingerprint density at radius 2 is 1.81 bits per heavy atom. The highest BCUT2D eigenvalue weighted by molar-refractivity contribution is 5.98. The predicted molar refractivity (Wildman–Crippen MR) is 58.7 cm³/mol. The Kier molecular flexibility index (Phi) is 6.37. The van der Waals surface area contributed by atoms with E-state index in [4.69, 9.17) is 4.74 Å². The summed E-state index contributed by atoms with van der Waals surface area (Å²) in [4.78, 5) is 33.7. The molecule has 0 aliphatic heterocycles. The van der Waals surface area contributed by atoms with Gasteiger partial charge >= 0.3 is 5.97 Å². The van der Waals surface area contributed by atoms with Crippen LogP contribution in [0.15, 0.2) is 0 Å². The van der Waals surface area contributed by atoms with Gasteiger partial charge in [-0.15, -0.1) is 0 Å². The standard InChI is InChI=1S/C11H19NO4/c1-5-10(14)12-6-9(8(4)13)11(15)16-7(2)3/h7,9H,5-6H2,1-4H3,(H,12,14). The SMILES string of the molecule is CCC(=O)NCC(C(C)=O)C(=O)OC(C)C. The van der Waals surface area contributed by atoms with E-state index >= 15 is 0 Å². The first-order valence-electron chi connectivity index (χ1n) is 5.36. The van der Waals surface area contributed by atoms with Crippen LogP contribution in [0.5, 0.6) is 0 Å². The lowest BCUT2D eigenvalue weighted by atomic mass is 10.1. The molecule has 0 fully saturated rings. The molecule has 0 aromatic rings. The van der Waals surface area contributed by atoms with Gasteiger partial charge < -0.3 is 10.1 Å². The summed E-state index contributed by atoms with van der Waals surface area (Å²) in [5, 5.41) is 2.51. The molecule has 0 heterocycles. The molecule has 0 aromatic carbocycles. The van der Waals surface area contributed by atoms with Gasteiger partial charge in [-0.2, -0.15) is 0 Å². The molecule has 0 radical (unpaired) electrons. The number of Topliss-reactive ketones (excluding diaryl/α,β-unsaturated/α-hetero) is 1. The van der Waals surface area contributed by atoms with Crippen molar-refractivity contribution in [3.63, 3.8) is 0 Å². The minimum absolute atomic E-state index is 0.00750. The van der Waals surface area contributed by atoms with Crippen LogP contribution in [0.1, 0.15) is 34.1 Å². The lowest BCUT2D eigenvalue weighted by Crippen LogP contribution is -2.37. The third-order valence-corrected chi connectivity index (χ3v) is 1.95. The molecule has 92 valence electrons. The van der Waals surface area contributed by atoms with Crippen LogP contribution >= 0.6 is 0 Å². The van der Waals surface area contributed by atoms with Gasteiger partial charge in [-0.3, -0.25) is 14.4 Å². The number of rotatable bonds is 6. The number of hydrogen-bond acceptors (Lipinski definition) is 4. The Morgan fingerprint density at radius 3 is 2.19 bits per heavy atom. The van der Waals surface area contributed by atoms with E-state index in [0.717, 1.165) is 0 Å². The van der Waals surface area contributed by atoms with Gasteiger partial charge in [0.1, 0.15) is 11.7 Å². The fraction of sp³-hybridized carbons (Fsp3) is 0.727. The summed E-state index contributed by atoms with van der Waals surface area (Å²) in [6, 6.07) is 0. The molecule has 16 heavy (non-hydrogen) atoms. The van der Waals surface area contributed by atoms with Gasteiger partial charge in [-0.25, -0.2) is 0 Å². The minimum Gasteiger partial charge on any atom is -0.462 e. The molecule has 5 heteroatoms. The van der Waals surface area contributed by atoms with Gasteiger partial charge in [-0.1, -0.05) is 6.92 Å². The summed E-state index contributed by atoms with van der Waals surface area (Å²) < 4.78 is 4.93. The van der Waals surface area contributed by atoms with Gasteiger partial charge in [-0.05, 0) is 20.8 Å². The first-order chi connectivity index (χ1) is 7.38. The normalized spacial score (nSPS) is 12.1. The molecule has 5 nitrogen and oxygen atoms in total. The van der Waals surface area contributed by atoms with Crippen molar-refractivity contribution in [3.05, 3.63) is 0 Å². The van der Waals surface area contributed by atoms with E-state index < -0.39 is 11.9 Å². The average molecular weight is 229 g/mol. The molecule has 0 rings (SSSR count). The fourth-order valence-corrected chi connectivity index (χ4v) is 1.05. The van der Waals surface area contributed by atoms with Gasteiger partial charge in [0.25, 0.3) is 0 Å². The number of amides is 1. The van der Waals surface area contributed by atoms with E-state index in [1.165, 1.54) is 6.92 Å². The predicted octanol–water partition coefficient (Wildman–Crippen LogP) is 0.669. The maximum Gasteiger partial charge on any atom is 0.318 e. The van der Waals surface area contributed by atoms with Gasteiger partial charge in [0, 0.05) is 13.0 Å². The first kappa shape index (κ1) is 14.6. The van der Waals surface area contributed by atoms with Crippen LogP contribution < -0.4 is 5.32 Å². The highest BCUT2D eigenvalue weighted by Crippen LogP contribution is 2.03. The molecule has 0 spiro atoms. The van der Waals surface area contributed by atoms with E-state index in [-0.39, 0.29) is 24.3 Å². The van der Waals surface area contributed by atoms with Gasteiger partial charge in [0.2, 0.25) is 5.91 Å². The van der Waals surface area contributed by atoms with E-state index in [1.54, 1.807) is 20.8 Å². The number of carbonyl (C=O) groups is 3. The largest absolute Gasteiger partial charge is 0.462 e. The van der Waals surface area contributed by atoms with E-state index in [1.807, 2.05) is 0 Å². The maximum absolute atomic E-state index is 11.5. The van der Waals surface area contributed by atoms with Crippen molar-refractivity contribution in [2.45, 2.75) is 40.2 Å². The highest BCUT2D eigenvalue weighted by Gasteiger charge is 2.25. The Bertz CT molecular complexity index is 273. The zero-order valence-corrected chi connectivity index (χ0v) is 10.2. The molecule has 1 N–H and O–H groups in total. The number of hydrogen-bond donors (Lipinski definition) is 1. The molecule has 0 aliphatic rings. The quantitative estimate of drug-likeness (QED) is 0.536. The first-order valence-corrected chi connectivity index (χ1v) is 5.36. The molecule has 1 amide bonds. The number of ether oxygens (including phenoxy) is 1. The summed E-state index contributed by atoms with van der Waals surface area (Å²) in [6.45, 7) is 6.43. The van der Waals surface area contributed by atoms with Crippen molar-refractivity contribution in [2.75, 3.05) is 6.54 Å². The summed E-state index contributed by atoms with van der Waals surface area (Å²) in [6.07, 6.45) is 0.0559. The number of ketones is 1. The smallest absolute Gasteiger partial charge is 0.318 e. The Labute approximate surface area is 95.5 Å². The van der Waals surface area contributed by atoms with Crippen LogP contribution in [-0.4, -0.2) is 30.3 Å². The summed E-state index contributed by atoms with van der Waals surface area (Å²) in [7, 11) is 0. The number of esters is 1. The topological polar surface area (TPSA) is 72.5 Å². The highest BCUT2D eigenvalue weighted by atomic mass is 16.5. The molecule has 1 unspecified atom stereocenters. The van der Waals surface area contributed by atoms with Crippen molar-refractivity contribution >= 4 is 17.7 Å². The van der Waals surface area contributed by atoms with Crippen molar-refractivity contribution in [1.29, 1.82) is 0 Å². The summed E-state index contributed by atoms with van der Waals surface area (Å²) >= 11 is 0. The van der Waals surface area contributed by atoms with Crippen LogP contribution in [0.3, 0.4) is 0 Å². The second kappa shape index (κ2) is 6.98. The monoisotopic (exact) mass is 229 g/mol. The lowest BCUT2D eigenvalue weighted by Gasteiger charge is -2.15. The number of nitrogens with one attached hydrogen (secondary N) is 1. The maximum atomic E-state index is 11.5. The zero-order chi connectivity index (χ0) is 12.7. The Morgan fingerprint density at radius 1 is 1.25 bits per heavy atom. The number of carbonyl (C=O) groups excluding carboxylic acids is 3. The zero-order valence-electron chi connectivity index (χ0n) is 10.2. The van der Waals surface area contributed by atoms with Gasteiger partial charge in [0.15, 0.2) is 0 Å². The lowest BCUT2D eigenvalue weighted by molar-refractivity contribution is -0.154. The molecular weight excluding hydrogens is 210 g/mol. The van der Waals surface area contributed by atoms with E-state index in [9.17, 15) is 14.4 Å². The van der Waals surface area contributed by atoms with E-state index in [2.05, 4.69) is 5.32 Å².